The summed E-state index contributed by atoms with van der Waals surface area (Å²) in [6, 6.07) is 9.01. The minimum absolute atomic E-state index is 0.145. The monoisotopic (exact) mass is 347 g/mol. The van der Waals surface area contributed by atoms with Crippen molar-refractivity contribution in [3.63, 3.8) is 0 Å². The summed E-state index contributed by atoms with van der Waals surface area (Å²) in [6.45, 7) is 0.446. The van der Waals surface area contributed by atoms with Gasteiger partial charge in [-0.05, 0) is 18.4 Å². The molecular formula is C17H21N3O3S. The van der Waals surface area contributed by atoms with Gasteiger partial charge in [0.2, 0.25) is 5.91 Å². The first-order valence-electron chi connectivity index (χ1n) is 8.22. The Balaban J connectivity index is 1.58. The molecule has 1 saturated heterocycles. The normalized spacial score (nSPS) is 24.1. The number of amides is 4. The number of carbonyl (C=O) groups is 3. The SMILES string of the molecule is O=C(NCc1ccccc1)N[C@@H]1CCCC[C@@H]1N1C(=O)CSC1=O. The Labute approximate surface area is 145 Å². The van der Waals surface area contributed by atoms with Crippen molar-refractivity contribution in [2.24, 2.45) is 0 Å². The van der Waals surface area contributed by atoms with Gasteiger partial charge in [0.1, 0.15) is 0 Å². The fraction of sp³-hybridized carbons (Fsp3) is 0.471. The summed E-state index contributed by atoms with van der Waals surface area (Å²) in [6.07, 6.45) is 3.49. The lowest BCUT2D eigenvalue weighted by molar-refractivity contribution is -0.127. The van der Waals surface area contributed by atoms with Crippen LogP contribution in [0.4, 0.5) is 9.59 Å². The third kappa shape index (κ3) is 3.90. The van der Waals surface area contributed by atoms with E-state index in [4.69, 9.17) is 0 Å². The second-order valence-electron chi connectivity index (χ2n) is 6.09. The Morgan fingerprint density at radius 3 is 2.62 bits per heavy atom. The fourth-order valence-electron chi connectivity index (χ4n) is 3.27. The molecule has 2 N–H and O–H groups in total. The maximum atomic E-state index is 12.2. The van der Waals surface area contributed by atoms with Gasteiger partial charge < -0.3 is 10.6 Å². The second-order valence-corrected chi connectivity index (χ2v) is 7.02. The highest BCUT2D eigenvalue weighted by Crippen LogP contribution is 2.30. The van der Waals surface area contributed by atoms with Crippen LogP contribution in [0.25, 0.3) is 0 Å². The maximum Gasteiger partial charge on any atom is 0.315 e. The third-order valence-electron chi connectivity index (χ3n) is 4.46. The number of urea groups is 1. The van der Waals surface area contributed by atoms with Crippen LogP contribution in [0.1, 0.15) is 31.2 Å². The Bertz CT molecular complexity index is 607. The van der Waals surface area contributed by atoms with Gasteiger partial charge in [-0.25, -0.2) is 4.79 Å². The lowest BCUT2D eigenvalue weighted by atomic mass is 9.89. The van der Waals surface area contributed by atoms with Gasteiger partial charge in [0.05, 0.1) is 17.8 Å². The Kier molecular flexibility index (Phi) is 5.40. The summed E-state index contributed by atoms with van der Waals surface area (Å²) >= 11 is 1.04. The summed E-state index contributed by atoms with van der Waals surface area (Å²) in [4.78, 5) is 37.5. The molecule has 4 amide bonds. The van der Waals surface area contributed by atoms with Crippen molar-refractivity contribution in [3.8, 4) is 0 Å². The van der Waals surface area contributed by atoms with Gasteiger partial charge in [0.25, 0.3) is 5.24 Å². The molecule has 7 heteroatoms. The quantitative estimate of drug-likeness (QED) is 0.877. The van der Waals surface area contributed by atoms with E-state index in [9.17, 15) is 14.4 Å². The van der Waals surface area contributed by atoms with Crippen LogP contribution < -0.4 is 10.6 Å². The van der Waals surface area contributed by atoms with Crippen molar-refractivity contribution in [3.05, 3.63) is 35.9 Å². The minimum Gasteiger partial charge on any atom is -0.334 e. The van der Waals surface area contributed by atoms with Crippen molar-refractivity contribution in [2.75, 3.05) is 5.75 Å². The number of hydrogen-bond acceptors (Lipinski definition) is 4. The molecule has 1 heterocycles. The fourth-order valence-corrected chi connectivity index (χ4v) is 4.03. The van der Waals surface area contributed by atoms with Crippen LogP contribution in [0.3, 0.4) is 0 Å². The summed E-state index contributed by atoms with van der Waals surface area (Å²) in [5, 5.41) is 5.60. The van der Waals surface area contributed by atoms with Gasteiger partial charge in [-0.3, -0.25) is 14.5 Å². The lowest BCUT2D eigenvalue weighted by Gasteiger charge is -2.36. The van der Waals surface area contributed by atoms with Crippen LogP contribution in [0, 0.1) is 0 Å². The topological polar surface area (TPSA) is 78.5 Å². The number of nitrogens with zero attached hydrogens (tertiary/aromatic N) is 1. The molecule has 1 saturated carbocycles. The predicted octanol–water partition coefficient (Wildman–Crippen LogP) is 2.49. The van der Waals surface area contributed by atoms with E-state index in [1.165, 1.54) is 4.90 Å². The van der Waals surface area contributed by atoms with Gasteiger partial charge in [-0.15, -0.1) is 0 Å². The van der Waals surface area contributed by atoms with Crippen LogP contribution in [0.5, 0.6) is 0 Å². The highest BCUT2D eigenvalue weighted by Gasteiger charge is 2.41. The van der Waals surface area contributed by atoms with E-state index >= 15 is 0 Å². The van der Waals surface area contributed by atoms with Gasteiger partial charge in [0, 0.05) is 6.54 Å². The molecule has 3 rings (SSSR count). The molecule has 2 fully saturated rings. The Morgan fingerprint density at radius 1 is 1.17 bits per heavy atom. The summed E-state index contributed by atoms with van der Waals surface area (Å²) in [7, 11) is 0. The molecule has 0 radical (unpaired) electrons. The van der Waals surface area contributed by atoms with Crippen LogP contribution in [0.15, 0.2) is 30.3 Å². The number of imide groups is 1. The van der Waals surface area contributed by atoms with E-state index in [-0.39, 0.29) is 35.0 Å². The van der Waals surface area contributed by atoms with Crippen LogP contribution in [0.2, 0.25) is 0 Å². The zero-order valence-electron chi connectivity index (χ0n) is 13.4. The van der Waals surface area contributed by atoms with E-state index in [0.29, 0.717) is 6.54 Å². The number of nitrogens with one attached hydrogen (secondary N) is 2. The molecule has 1 aliphatic carbocycles. The standard InChI is InChI=1S/C17H21N3O3S/c21-15-11-24-17(23)20(15)14-9-5-4-8-13(14)19-16(22)18-10-12-6-2-1-3-7-12/h1-3,6-7,13-14H,4-5,8-11H2,(H2,18,19,22)/t13-,14+/m1/s1. The zero-order chi connectivity index (χ0) is 16.9. The van der Waals surface area contributed by atoms with E-state index in [2.05, 4.69) is 10.6 Å². The summed E-state index contributed by atoms with van der Waals surface area (Å²) in [5.41, 5.74) is 1.02. The molecule has 1 aliphatic heterocycles. The average molecular weight is 347 g/mol. The van der Waals surface area contributed by atoms with Gasteiger partial charge in [0.15, 0.2) is 0 Å². The van der Waals surface area contributed by atoms with E-state index in [0.717, 1.165) is 43.0 Å². The van der Waals surface area contributed by atoms with Crippen molar-refractivity contribution in [1.82, 2.24) is 15.5 Å². The van der Waals surface area contributed by atoms with E-state index in [1.54, 1.807) is 0 Å². The van der Waals surface area contributed by atoms with Crippen LogP contribution >= 0.6 is 11.8 Å². The second kappa shape index (κ2) is 7.70. The first kappa shape index (κ1) is 16.8. The maximum absolute atomic E-state index is 12.2. The molecule has 6 nitrogen and oxygen atoms in total. The first-order valence-corrected chi connectivity index (χ1v) is 9.21. The number of thioether (sulfide) groups is 1. The molecular weight excluding hydrogens is 326 g/mol. The van der Waals surface area contributed by atoms with Crippen LogP contribution in [-0.2, 0) is 11.3 Å². The molecule has 1 aromatic carbocycles. The molecule has 0 bridgehead atoms. The molecule has 2 atom stereocenters. The molecule has 0 spiro atoms. The highest BCUT2D eigenvalue weighted by molar-refractivity contribution is 8.14. The van der Waals surface area contributed by atoms with Crippen molar-refractivity contribution >= 4 is 28.9 Å². The van der Waals surface area contributed by atoms with Crippen molar-refractivity contribution < 1.29 is 14.4 Å². The molecule has 0 aromatic heterocycles. The van der Waals surface area contributed by atoms with Gasteiger partial charge >= 0.3 is 6.03 Å². The summed E-state index contributed by atoms with van der Waals surface area (Å²) < 4.78 is 0. The third-order valence-corrected chi connectivity index (χ3v) is 5.29. The Morgan fingerprint density at radius 2 is 1.92 bits per heavy atom. The van der Waals surface area contributed by atoms with Gasteiger partial charge in [-0.2, -0.15) is 0 Å². The molecule has 24 heavy (non-hydrogen) atoms. The van der Waals surface area contributed by atoms with Crippen LogP contribution in [-0.4, -0.2) is 39.9 Å². The number of hydrogen-bond donors (Lipinski definition) is 2. The smallest absolute Gasteiger partial charge is 0.315 e. The molecule has 1 aromatic rings. The number of carbonyl (C=O) groups excluding carboxylic acids is 3. The molecule has 2 aliphatic rings. The van der Waals surface area contributed by atoms with E-state index in [1.807, 2.05) is 30.3 Å². The number of rotatable bonds is 4. The van der Waals surface area contributed by atoms with E-state index < -0.39 is 0 Å². The van der Waals surface area contributed by atoms with Gasteiger partial charge in [-0.1, -0.05) is 54.9 Å². The van der Waals surface area contributed by atoms with Crippen molar-refractivity contribution in [2.45, 2.75) is 44.3 Å². The summed E-state index contributed by atoms with van der Waals surface area (Å²) in [5.74, 6) is 0.0656. The molecule has 128 valence electrons. The van der Waals surface area contributed by atoms with Crippen molar-refractivity contribution in [1.29, 1.82) is 0 Å². The predicted molar refractivity (Wildman–Crippen MR) is 92.6 cm³/mol. The zero-order valence-corrected chi connectivity index (χ0v) is 14.2. The number of benzene rings is 1. The Hall–Kier alpha value is -2.02. The first-order chi connectivity index (χ1) is 11.6. The minimum atomic E-state index is -0.262. The largest absolute Gasteiger partial charge is 0.334 e. The average Bonchev–Trinajstić information content (AvgIpc) is 2.93. The lowest BCUT2D eigenvalue weighted by Crippen LogP contribution is -2.56. The molecule has 0 unspecified atom stereocenters. The highest BCUT2D eigenvalue weighted by atomic mass is 32.2.